The molecule has 0 bridgehead atoms. The van der Waals surface area contributed by atoms with E-state index in [2.05, 4.69) is 36.0 Å². The number of carbonyl (C=O) groups excluding carboxylic acids is 3. The number of aromatic nitrogens is 2. The minimum Gasteiger partial charge on any atom is -0.481 e. The Morgan fingerprint density at radius 1 is 1.48 bits per heavy atom. The molecule has 3 heterocycles. The van der Waals surface area contributed by atoms with Crippen molar-refractivity contribution in [2.75, 3.05) is 17.6 Å². The summed E-state index contributed by atoms with van der Waals surface area (Å²) < 4.78 is 3.71. The summed E-state index contributed by atoms with van der Waals surface area (Å²) in [7, 11) is 0. The van der Waals surface area contributed by atoms with Crippen molar-refractivity contribution in [1.82, 2.24) is 19.8 Å². The first kappa shape index (κ1) is 21.4. The molecule has 154 valence electrons. The number of amides is 2. The van der Waals surface area contributed by atoms with Crippen LogP contribution in [0.5, 0.6) is 0 Å². The normalized spacial score (nSPS) is 26.7. The van der Waals surface area contributed by atoms with Crippen molar-refractivity contribution >= 4 is 74.6 Å². The van der Waals surface area contributed by atoms with Gasteiger partial charge in [-0.15, -0.1) is 16.9 Å². The molecule has 0 aromatic carbocycles. The highest BCUT2D eigenvalue weighted by Crippen LogP contribution is 2.43. The van der Waals surface area contributed by atoms with Crippen LogP contribution in [0.15, 0.2) is 16.6 Å². The Hall–Kier alpha value is -2.32. The van der Waals surface area contributed by atoms with E-state index in [0.717, 1.165) is 11.5 Å². The number of hydrogen-bond acceptors (Lipinski definition) is 10. The predicted octanol–water partition coefficient (Wildman–Crippen LogP) is -0.184. The lowest BCUT2D eigenvalue weighted by molar-refractivity contribution is -0.156. The molecule has 0 aliphatic carbocycles. The van der Waals surface area contributed by atoms with Crippen molar-refractivity contribution in [1.29, 1.82) is 0 Å². The van der Waals surface area contributed by atoms with E-state index in [-0.39, 0.29) is 17.6 Å². The summed E-state index contributed by atoms with van der Waals surface area (Å²) in [5.74, 6) is -3.11. The van der Waals surface area contributed by atoms with E-state index in [1.807, 2.05) is 0 Å². The van der Waals surface area contributed by atoms with Gasteiger partial charge < -0.3 is 20.5 Å². The fourth-order valence-corrected chi connectivity index (χ4v) is 5.09. The first-order valence-corrected chi connectivity index (χ1v) is 11.1. The number of carboxylic acid groups (broad SMARTS) is 1. The van der Waals surface area contributed by atoms with Crippen LogP contribution in [0.1, 0.15) is 5.69 Å². The van der Waals surface area contributed by atoms with Gasteiger partial charge in [0.25, 0.3) is 5.91 Å². The second-order valence-corrected chi connectivity index (χ2v) is 8.52. The lowest BCUT2D eigenvalue weighted by atomic mass is 9.86. The molecule has 3 rings (SSSR count). The van der Waals surface area contributed by atoms with Crippen molar-refractivity contribution in [3.8, 4) is 0 Å². The standard InChI is InChI=1S/C15H14BrN5O6S2/c16-3-8(22)9(19-27)11(23)17-10-12(24)21-5-15(14(25)26,6-28-13(10)21)2-1-7-4-29-20-18-7/h1-2,4,10,13,27H,3,5-6H2,(H,17,23)(H,25,26)/t10?,13-,15?/m1/s1. The van der Waals surface area contributed by atoms with Gasteiger partial charge >= 0.3 is 5.97 Å². The number of hydrogen-bond donors (Lipinski definition) is 3. The number of carboxylic acids is 1. The summed E-state index contributed by atoms with van der Waals surface area (Å²) in [6, 6.07) is -0.939. The van der Waals surface area contributed by atoms with Gasteiger partial charge in [0.2, 0.25) is 17.4 Å². The van der Waals surface area contributed by atoms with Gasteiger partial charge in [0.05, 0.1) is 11.0 Å². The lowest BCUT2D eigenvalue weighted by Crippen LogP contribution is -2.74. The number of β-lactam (4-membered cyclic amide) rings is 1. The Bertz CT molecular complexity index is 907. The Kier molecular flexibility index (Phi) is 6.33. The quantitative estimate of drug-likeness (QED) is 0.114. The number of halogens is 1. The highest BCUT2D eigenvalue weighted by Gasteiger charge is 2.57. The highest BCUT2D eigenvalue weighted by molar-refractivity contribution is 9.09. The number of nitrogens with one attached hydrogen (secondary N) is 1. The Balaban J connectivity index is 1.70. The van der Waals surface area contributed by atoms with Crippen molar-refractivity contribution in [3.63, 3.8) is 0 Å². The molecule has 2 unspecified atom stereocenters. The van der Waals surface area contributed by atoms with Crippen LogP contribution in [0.4, 0.5) is 0 Å². The maximum atomic E-state index is 12.5. The van der Waals surface area contributed by atoms with Gasteiger partial charge in [0.15, 0.2) is 0 Å². The van der Waals surface area contributed by atoms with Gasteiger partial charge in [-0.25, -0.2) is 0 Å². The summed E-state index contributed by atoms with van der Waals surface area (Å²) >= 11 is 5.21. The van der Waals surface area contributed by atoms with Crippen LogP contribution < -0.4 is 5.32 Å². The second kappa shape index (κ2) is 8.59. The topological polar surface area (TPSA) is 162 Å². The van der Waals surface area contributed by atoms with Crippen molar-refractivity contribution in [2.24, 2.45) is 10.6 Å². The number of alkyl halides is 1. The SMILES string of the molecule is O=C(CBr)C(=NO)C(=O)NC1C(=O)N2CC(C=Cc3csnn3)(C(=O)O)CS[C@H]12. The summed E-state index contributed by atoms with van der Waals surface area (Å²) in [6.45, 7) is -0.0689. The first-order valence-electron chi connectivity index (χ1n) is 8.07. The Morgan fingerprint density at radius 2 is 2.24 bits per heavy atom. The van der Waals surface area contributed by atoms with E-state index >= 15 is 0 Å². The fourth-order valence-electron chi connectivity index (χ4n) is 2.89. The van der Waals surface area contributed by atoms with Gasteiger partial charge in [-0.05, 0) is 17.6 Å². The molecular weight excluding hydrogens is 490 g/mol. The monoisotopic (exact) mass is 503 g/mol. The summed E-state index contributed by atoms with van der Waals surface area (Å²) in [5.41, 5.74) is -1.50. The van der Waals surface area contributed by atoms with Crippen LogP contribution >= 0.6 is 39.2 Å². The highest BCUT2D eigenvalue weighted by atomic mass is 79.9. The molecule has 2 amide bonds. The van der Waals surface area contributed by atoms with E-state index in [4.69, 9.17) is 5.21 Å². The lowest BCUT2D eigenvalue weighted by Gasteiger charge is -2.53. The maximum Gasteiger partial charge on any atom is 0.316 e. The number of ketones is 1. The molecule has 0 spiro atoms. The van der Waals surface area contributed by atoms with Crippen LogP contribution in [0.2, 0.25) is 0 Å². The van der Waals surface area contributed by atoms with Crippen LogP contribution in [0, 0.1) is 5.41 Å². The smallest absolute Gasteiger partial charge is 0.316 e. The third-order valence-corrected chi connectivity index (χ3v) is 7.05. The molecule has 29 heavy (non-hydrogen) atoms. The average molecular weight is 504 g/mol. The summed E-state index contributed by atoms with van der Waals surface area (Å²) in [6.07, 6.45) is 3.05. The third kappa shape index (κ3) is 4.04. The molecule has 3 N–H and O–H groups in total. The zero-order valence-corrected chi connectivity index (χ0v) is 17.7. The Morgan fingerprint density at radius 3 is 2.83 bits per heavy atom. The largest absolute Gasteiger partial charge is 0.481 e. The second-order valence-electron chi connectivity index (χ2n) is 6.25. The number of oxime groups is 1. The molecule has 2 aliphatic heterocycles. The van der Waals surface area contributed by atoms with E-state index in [9.17, 15) is 24.3 Å². The molecule has 3 atom stereocenters. The molecule has 11 nitrogen and oxygen atoms in total. The number of nitrogens with zero attached hydrogens (tertiary/aromatic N) is 4. The van der Waals surface area contributed by atoms with E-state index in [0.29, 0.717) is 5.69 Å². The average Bonchev–Trinajstić information content (AvgIpc) is 3.24. The minimum absolute atomic E-state index is 0.0689. The van der Waals surface area contributed by atoms with Crippen LogP contribution in [-0.2, 0) is 19.2 Å². The van der Waals surface area contributed by atoms with E-state index in [1.165, 1.54) is 22.7 Å². The number of thioether (sulfide) groups is 1. The first-order chi connectivity index (χ1) is 13.8. The molecule has 0 radical (unpaired) electrons. The van der Waals surface area contributed by atoms with Crippen LogP contribution in [0.25, 0.3) is 6.08 Å². The molecule has 1 aromatic rings. The van der Waals surface area contributed by atoms with E-state index in [1.54, 1.807) is 11.5 Å². The number of rotatable bonds is 7. The molecule has 0 saturated carbocycles. The zero-order chi connectivity index (χ0) is 21.2. The Labute approximate surface area is 180 Å². The summed E-state index contributed by atoms with van der Waals surface area (Å²) in [5, 5.41) is 28.5. The minimum atomic E-state index is -1.31. The summed E-state index contributed by atoms with van der Waals surface area (Å²) in [4.78, 5) is 49.5. The van der Waals surface area contributed by atoms with Gasteiger partial charge in [0, 0.05) is 17.7 Å². The molecule has 14 heteroatoms. The van der Waals surface area contributed by atoms with Gasteiger partial charge in [-0.2, -0.15) is 0 Å². The van der Waals surface area contributed by atoms with Crippen LogP contribution in [0.3, 0.4) is 0 Å². The van der Waals surface area contributed by atoms with Gasteiger partial charge in [-0.3, -0.25) is 19.2 Å². The molecular formula is C15H14BrN5O6S2. The molecule has 1 aromatic heterocycles. The molecule has 2 fully saturated rings. The maximum absolute atomic E-state index is 12.5. The third-order valence-electron chi connectivity index (χ3n) is 4.47. The number of carbonyl (C=O) groups is 4. The molecule has 2 aliphatic rings. The van der Waals surface area contributed by atoms with E-state index < -0.39 is 46.1 Å². The molecule has 2 saturated heterocycles. The number of fused-ring (bicyclic) bond motifs is 1. The van der Waals surface area contributed by atoms with Gasteiger partial charge in [-0.1, -0.05) is 31.6 Å². The van der Waals surface area contributed by atoms with Crippen molar-refractivity contribution < 1.29 is 29.5 Å². The fraction of sp³-hybridized carbons (Fsp3) is 0.400. The number of aliphatic carboxylic acids is 1. The van der Waals surface area contributed by atoms with Gasteiger partial charge in [0.1, 0.15) is 16.8 Å². The number of Topliss-reactive ketones (excluding diaryl/α,β-unsaturated/α-hetero) is 1. The zero-order valence-electron chi connectivity index (χ0n) is 14.5. The van der Waals surface area contributed by atoms with Crippen molar-refractivity contribution in [3.05, 3.63) is 17.2 Å². The van der Waals surface area contributed by atoms with Crippen molar-refractivity contribution in [2.45, 2.75) is 11.4 Å². The van der Waals surface area contributed by atoms with Crippen LogP contribution in [-0.4, -0.2) is 83.1 Å². The predicted molar refractivity (Wildman–Crippen MR) is 107 cm³/mol.